The van der Waals surface area contributed by atoms with Crippen molar-refractivity contribution in [1.29, 1.82) is 0 Å². The minimum Gasteiger partial charge on any atom is -0.313 e. The number of nitrogens with zero attached hydrogens (tertiary/aromatic N) is 1. The second-order valence-electron chi connectivity index (χ2n) is 4.79. The molecule has 0 amide bonds. The summed E-state index contributed by atoms with van der Waals surface area (Å²) in [4.78, 5) is 4.76. The van der Waals surface area contributed by atoms with E-state index in [0.717, 1.165) is 36.5 Å². The van der Waals surface area contributed by atoms with E-state index >= 15 is 0 Å². The maximum Gasteiger partial charge on any atom is 0.0894 e. The van der Waals surface area contributed by atoms with Gasteiger partial charge in [0, 0.05) is 17.6 Å². The zero-order valence-electron chi connectivity index (χ0n) is 10.6. The molecule has 0 aliphatic heterocycles. The first-order chi connectivity index (χ1) is 8.81. The highest BCUT2D eigenvalue weighted by Crippen LogP contribution is 2.32. The minimum atomic E-state index is 0.764. The maximum atomic E-state index is 6.28. The Morgan fingerprint density at radius 3 is 3.06 bits per heavy atom. The van der Waals surface area contributed by atoms with Gasteiger partial charge in [-0.2, -0.15) is 0 Å². The van der Waals surface area contributed by atoms with Crippen molar-refractivity contribution in [3.05, 3.63) is 40.0 Å². The Morgan fingerprint density at radius 1 is 1.33 bits per heavy atom. The van der Waals surface area contributed by atoms with E-state index in [1.807, 2.05) is 12.1 Å². The van der Waals surface area contributed by atoms with Crippen LogP contribution in [0.2, 0.25) is 5.02 Å². The Bertz CT molecular complexity index is 593. The molecule has 0 bridgehead atoms. The summed E-state index contributed by atoms with van der Waals surface area (Å²) in [5.74, 6) is 0. The molecule has 2 aromatic rings. The monoisotopic (exact) mass is 260 g/mol. The standard InChI is InChI=1S/C15H17ClN2/c1-2-17-9-12-10-5-4-8-14(10)18-15-11(12)6-3-7-13(15)16/h3,6-7,17H,2,4-5,8-9H2,1H3. The molecule has 1 aromatic carbocycles. The molecule has 0 unspecified atom stereocenters. The van der Waals surface area contributed by atoms with Crippen LogP contribution in [0.1, 0.15) is 30.2 Å². The van der Waals surface area contributed by atoms with E-state index in [1.54, 1.807) is 0 Å². The van der Waals surface area contributed by atoms with E-state index in [1.165, 1.54) is 28.6 Å². The lowest BCUT2D eigenvalue weighted by molar-refractivity contribution is 0.724. The number of nitrogens with one attached hydrogen (secondary N) is 1. The van der Waals surface area contributed by atoms with Crippen molar-refractivity contribution < 1.29 is 0 Å². The number of benzene rings is 1. The molecule has 0 saturated heterocycles. The van der Waals surface area contributed by atoms with Crippen molar-refractivity contribution in [2.24, 2.45) is 0 Å². The fraction of sp³-hybridized carbons (Fsp3) is 0.400. The van der Waals surface area contributed by atoms with Gasteiger partial charge >= 0.3 is 0 Å². The molecule has 0 atom stereocenters. The van der Waals surface area contributed by atoms with Gasteiger partial charge in [0.2, 0.25) is 0 Å². The van der Waals surface area contributed by atoms with Crippen LogP contribution in [-0.4, -0.2) is 11.5 Å². The fourth-order valence-corrected chi connectivity index (χ4v) is 3.01. The van der Waals surface area contributed by atoms with Crippen molar-refractivity contribution in [3.63, 3.8) is 0 Å². The molecular weight excluding hydrogens is 244 g/mol. The lowest BCUT2D eigenvalue weighted by atomic mass is 10.0. The van der Waals surface area contributed by atoms with Gasteiger partial charge in [0.1, 0.15) is 0 Å². The summed E-state index contributed by atoms with van der Waals surface area (Å²) < 4.78 is 0. The molecule has 0 radical (unpaired) electrons. The molecule has 2 nitrogen and oxygen atoms in total. The van der Waals surface area contributed by atoms with Crippen molar-refractivity contribution in [2.75, 3.05) is 6.54 Å². The van der Waals surface area contributed by atoms with Crippen molar-refractivity contribution >= 4 is 22.5 Å². The molecule has 0 spiro atoms. The lowest BCUT2D eigenvalue weighted by Gasteiger charge is -2.13. The first kappa shape index (κ1) is 11.9. The van der Waals surface area contributed by atoms with Gasteiger partial charge in [0.25, 0.3) is 0 Å². The van der Waals surface area contributed by atoms with Crippen molar-refractivity contribution in [1.82, 2.24) is 10.3 Å². The fourth-order valence-electron chi connectivity index (χ4n) is 2.80. The predicted molar refractivity (Wildman–Crippen MR) is 76.2 cm³/mol. The zero-order valence-corrected chi connectivity index (χ0v) is 11.3. The molecule has 1 aromatic heterocycles. The van der Waals surface area contributed by atoms with E-state index in [-0.39, 0.29) is 0 Å². The van der Waals surface area contributed by atoms with Crippen LogP contribution in [0.5, 0.6) is 0 Å². The molecule has 18 heavy (non-hydrogen) atoms. The number of rotatable bonds is 3. The largest absolute Gasteiger partial charge is 0.313 e. The first-order valence-corrected chi connectivity index (χ1v) is 6.98. The highest BCUT2D eigenvalue weighted by atomic mass is 35.5. The van der Waals surface area contributed by atoms with E-state index in [2.05, 4.69) is 18.3 Å². The van der Waals surface area contributed by atoms with Crippen LogP contribution < -0.4 is 5.32 Å². The van der Waals surface area contributed by atoms with E-state index in [9.17, 15) is 0 Å². The second kappa shape index (κ2) is 4.87. The van der Waals surface area contributed by atoms with Crippen LogP contribution >= 0.6 is 11.6 Å². The third kappa shape index (κ3) is 1.90. The Hall–Kier alpha value is -1.12. The van der Waals surface area contributed by atoms with Gasteiger partial charge < -0.3 is 5.32 Å². The Kier molecular flexibility index (Phi) is 3.23. The molecule has 0 fully saturated rings. The topological polar surface area (TPSA) is 24.9 Å². The van der Waals surface area contributed by atoms with Gasteiger partial charge in [0.05, 0.1) is 10.5 Å². The van der Waals surface area contributed by atoms with Gasteiger partial charge in [-0.3, -0.25) is 4.98 Å². The van der Waals surface area contributed by atoms with Crippen LogP contribution in [0.4, 0.5) is 0 Å². The molecule has 94 valence electrons. The quantitative estimate of drug-likeness (QED) is 0.914. The maximum absolute atomic E-state index is 6.28. The predicted octanol–water partition coefficient (Wildman–Crippen LogP) is 3.49. The lowest BCUT2D eigenvalue weighted by Crippen LogP contribution is -2.14. The molecule has 3 rings (SSSR count). The summed E-state index contributed by atoms with van der Waals surface area (Å²) in [6.07, 6.45) is 3.47. The molecule has 3 heteroatoms. The van der Waals surface area contributed by atoms with Crippen LogP contribution in [0, 0.1) is 0 Å². The zero-order chi connectivity index (χ0) is 12.5. The van der Waals surface area contributed by atoms with Gasteiger partial charge in [-0.1, -0.05) is 30.7 Å². The SMILES string of the molecule is CCNCc1c2c(nc3c(Cl)cccc13)CCC2. The van der Waals surface area contributed by atoms with Crippen LogP contribution in [0.25, 0.3) is 10.9 Å². The number of hydrogen-bond donors (Lipinski definition) is 1. The van der Waals surface area contributed by atoms with Gasteiger partial charge in [0.15, 0.2) is 0 Å². The average Bonchev–Trinajstić information content (AvgIpc) is 2.83. The number of pyridine rings is 1. The molecule has 1 N–H and O–H groups in total. The Balaban J connectivity index is 2.25. The van der Waals surface area contributed by atoms with Crippen LogP contribution in [-0.2, 0) is 19.4 Å². The van der Waals surface area contributed by atoms with E-state index < -0.39 is 0 Å². The summed E-state index contributed by atoms with van der Waals surface area (Å²) in [5.41, 5.74) is 5.07. The van der Waals surface area contributed by atoms with Gasteiger partial charge in [-0.25, -0.2) is 0 Å². The Morgan fingerprint density at radius 2 is 2.22 bits per heavy atom. The number of fused-ring (bicyclic) bond motifs is 2. The minimum absolute atomic E-state index is 0.764. The van der Waals surface area contributed by atoms with Gasteiger partial charge in [-0.15, -0.1) is 0 Å². The Labute approximate surface area is 112 Å². The number of halogens is 1. The van der Waals surface area contributed by atoms with Crippen LogP contribution in [0.15, 0.2) is 18.2 Å². The average molecular weight is 261 g/mol. The number of hydrogen-bond acceptors (Lipinski definition) is 2. The van der Waals surface area contributed by atoms with E-state index in [4.69, 9.17) is 16.6 Å². The summed E-state index contributed by atoms with van der Waals surface area (Å²) >= 11 is 6.28. The normalized spacial score (nSPS) is 14.1. The summed E-state index contributed by atoms with van der Waals surface area (Å²) in [7, 11) is 0. The highest BCUT2D eigenvalue weighted by molar-refractivity contribution is 6.35. The summed E-state index contributed by atoms with van der Waals surface area (Å²) in [5, 5.41) is 5.41. The smallest absolute Gasteiger partial charge is 0.0894 e. The van der Waals surface area contributed by atoms with Crippen molar-refractivity contribution in [3.8, 4) is 0 Å². The summed E-state index contributed by atoms with van der Waals surface area (Å²) in [6.45, 7) is 4.04. The van der Waals surface area contributed by atoms with Crippen molar-refractivity contribution in [2.45, 2.75) is 32.7 Å². The first-order valence-electron chi connectivity index (χ1n) is 6.61. The highest BCUT2D eigenvalue weighted by Gasteiger charge is 2.19. The summed E-state index contributed by atoms with van der Waals surface area (Å²) in [6, 6.07) is 6.08. The second-order valence-corrected chi connectivity index (χ2v) is 5.19. The van der Waals surface area contributed by atoms with E-state index in [0.29, 0.717) is 0 Å². The third-order valence-corrected chi connectivity index (χ3v) is 3.97. The van der Waals surface area contributed by atoms with Crippen LogP contribution in [0.3, 0.4) is 0 Å². The molecule has 1 aliphatic carbocycles. The molecule has 0 saturated carbocycles. The van der Waals surface area contributed by atoms with Gasteiger partial charge in [-0.05, 0) is 43.0 Å². The number of aryl methyl sites for hydroxylation is 1. The number of aromatic nitrogens is 1. The third-order valence-electron chi connectivity index (χ3n) is 3.66. The molecular formula is C15H17ClN2. The molecule has 1 aliphatic rings. The number of para-hydroxylation sites is 1. The molecule has 1 heterocycles.